The van der Waals surface area contributed by atoms with Gasteiger partial charge in [-0.2, -0.15) is 0 Å². The van der Waals surface area contributed by atoms with E-state index < -0.39 is 53.3 Å². The fourth-order valence-corrected chi connectivity index (χ4v) is 3.88. The SMILES string of the molecule is COc1cccc([C@@H]2[C@H](C(=O)OC(C)C)C(=O)C[C@](C)(O)[C@H]2C(=O)OC(C)C)c1. The molecule has 29 heavy (non-hydrogen) atoms. The number of esters is 2. The van der Waals surface area contributed by atoms with Gasteiger partial charge < -0.3 is 19.3 Å². The van der Waals surface area contributed by atoms with Crippen molar-refractivity contribution in [2.24, 2.45) is 11.8 Å². The van der Waals surface area contributed by atoms with Gasteiger partial charge in [0, 0.05) is 12.3 Å². The molecule has 1 N–H and O–H groups in total. The molecule has 0 aromatic heterocycles. The van der Waals surface area contributed by atoms with Crippen molar-refractivity contribution >= 4 is 17.7 Å². The highest BCUT2D eigenvalue weighted by molar-refractivity contribution is 6.02. The molecule has 0 amide bonds. The topological polar surface area (TPSA) is 99.1 Å². The number of carbonyl (C=O) groups is 3. The van der Waals surface area contributed by atoms with Crippen molar-refractivity contribution in [2.75, 3.05) is 7.11 Å². The van der Waals surface area contributed by atoms with E-state index in [0.29, 0.717) is 11.3 Å². The quantitative estimate of drug-likeness (QED) is 0.573. The van der Waals surface area contributed by atoms with Crippen LogP contribution < -0.4 is 4.74 Å². The van der Waals surface area contributed by atoms with Crippen LogP contribution in [0.15, 0.2) is 24.3 Å². The zero-order chi connectivity index (χ0) is 21.9. The summed E-state index contributed by atoms with van der Waals surface area (Å²) >= 11 is 0. The van der Waals surface area contributed by atoms with Crippen LogP contribution in [0.5, 0.6) is 5.75 Å². The third-order valence-corrected chi connectivity index (χ3v) is 4.96. The molecule has 2 rings (SSSR count). The van der Waals surface area contributed by atoms with E-state index in [-0.39, 0.29) is 6.42 Å². The number of carbonyl (C=O) groups excluding carboxylic acids is 3. The van der Waals surface area contributed by atoms with Crippen LogP contribution in [0.2, 0.25) is 0 Å². The first-order valence-electron chi connectivity index (χ1n) is 9.78. The molecule has 0 heterocycles. The summed E-state index contributed by atoms with van der Waals surface area (Å²) in [6, 6.07) is 6.78. The zero-order valence-electron chi connectivity index (χ0n) is 17.8. The highest BCUT2D eigenvalue weighted by Gasteiger charge is 2.57. The molecule has 7 heteroatoms. The van der Waals surface area contributed by atoms with Crippen molar-refractivity contribution in [3.05, 3.63) is 29.8 Å². The molecule has 1 aromatic carbocycles. The minimum Gasteiger partial charge on any atom is -0.497 e. The largest absolute Gasteiger partial charge is 0.497 e. The molecule has 0 bridgehead atoms. The van der Waals surface area contributed by atoms with Crippen LogP contribution in [0.1, 0.15) is 52.5 Å². The lowest BCUT2D eigenvalue weighted by Crippen LogP contribution is -2.55. The Morgan fingerprint density at radius 3 is 2.24 bits per heavy atom. The molecule has 0 aliphatic heterocycles. The van der Waals surface area contributed by atoms with Gasteiger partial charge in [-0.25, -0.2) is 0 Å². The Morgan fingerprint density at radius 2 is 1.69 bits per heavy atom. The van der Waals surface area contributed by atoms with Gasteiger partial charge in [0.1, 0.15) is 11.7 Å². The Hall–Kier alpha value is -2.41. The number of ketones is 1. The second-order valence-corrected chi connectivity index (χ2v) is 8.23. The Kier molecular flexibility index (Phi) is 7.06. The van der Waals surface area contributed by atoms with E-state index in [0.717, 1.165) is 0 Å². The number of aliphatic hydroxyl groups is 1. The van der Waals surface area contributed by atoms with Crippen LogP contribution in [0.4, 0.5) is 0 Å². The van der Waals surface area contributed by atoms with Gasteiger partial charge in [-0.3, -0.25) is 14.4 Å². The van der Waals surface area contributed by atoms with Crippen molar-refractivity contribution in [3.8, 4) is 5.75 Å². The van der Waals surface area contributed by atoms with Crippen LogP contribution in [0, 0.1) is 11.8 Å². The number of Topliss-reactive ketones (excluding diaryl/α,β-unsaturated/α-hetero) is 1. The standard InChI is InChI=1S/C22H30O7/c1-12(2)28-20(24)18-16(23)11-22(5,26)19(21(25)29-13(3)4)17(18)14-8-7-9-15(10-14)27-6/h7-10,12-13,17-19,26H,11H2,1-6H3/t17-,18-,19-,22+/m1/s1. The van der Waals surface area contributed by atoms with Crippen molar-refractivity contribution in [1.29, 1.82) is 0 Å². The highest BCUT2D eigenvalue weighted by Crippen LogP contribution is 2.47. The smallest absolute Gasteiger partial charge is 0.317 e. The monoisotopic (exact) mass is 406 g/mol. The van der Waals surface area contributed by atoms with Gasteiger partial charge >= 0.3 is 11.9 Å². The van der Waals surface area contributed by atoms with E-state index in [4.69, 9.17) is 14.2 Å². The number of hydrogen-bond donors (Lipinski definition) is 1. The molecule has 1 aromatic rings. The maximum absolute atomic E-state index is 13.0. The second-order valence-electron chi connectivity index (χ2n) is 8.23. The van der Waals surface area contributed by atoms with E-state index in [1.165, 1.54) is 14.0 Å². The Morgan fingerprint density at radius 1 is 1.10 bits per heavy atom. The van der Waals surface area contributed by atoms with Crippen LogP contribution in [0.3, 0.4) is 0 Å². The number of rotatable bonds is 6. The lowest BCUT2D eigenvalue weighted by atomic mass is 9.61. The van der Waals surface area contributed by atoms with Gasteiger partial charge in [-0.1, -0.05) is 12.1 Å². The first kappa shape index (κ1) is 22.9. The second kappa shape index (κ2) is 8.95. The Labute approximate surface area is 171 Å². The molecule has 4 atom stereocenters. The molecule has 7 nitrogen and oxygen atoms in total. The van der Waals surface area contributed by atoms with E-state index in [2.05, 4.69) is 0 Å². The molecule has 1 saturated carbocycles. The lowest BCUT2D eigenvalue weighted by Gasteiger charge is -2.44. The Bertz CT molecular complexity index is 758. The first-order valence-corrected chi connectivity index (χ1v) is 9.78. The third-order valence-electron chi connectivity index (χ3n) is 4.96. The summed E-state index contributed by atoms with van der Waals surface area (Å²) in [7, 11) is 1.50. The van der Waals surface area contributed by atoms with Crippen molar-refractivity contribution in [2.45, 2.75) is 64.8 Å². The molecule has 1 aliphatic rings. The molecule has 0 radical (unpaired) electrons. The lowest BCUT2D eigenvalue weighted by molar-refractivity contribution is -0.176. The number of methoxy groups -OCH3 is 1. The molecule has 160 valence electrons. The maximum atomic E-state index is 13.0. The van der Waals surface area contributed by atoms with E-state index in [9.17, 15) is 19.5 Å². The zero-order valence-corrected chi connectivity index (χ0v) is 17.8. The summed E-state index contributed by atoms with van der Waals surface area (Å²) in [5.41, 5.74) is -1.15. The number of benzene rings is 1. The molecule has 1 aliphatic carbocycles. The average molecular weight is 406 g/mol. The molecule has 1 fully saturated rings. The van der Waals surface area contributed by atoms with Crippen LogP contribution in [0.25, 0.3) is 0 Å². The summed E-state index contributed by atoms with van der Waals surface area (Å²) in [6.07, 6.45) is -1.18. The third kappa shape index (κ3) is 5.15. The highest BCUT2D eigenvalue weighted by atomic mass is 16.5. The summed E-state index contributed by atoms with van der Waals surface area (Å²) < 4.78 is 16.0. The average Bonchev–Trinajstić information content (AvgIpc) is 2.58. The molecule has 0 spiro atoms. The first-order chi connectivity index (χ1) is 13.5. The molecule has 0 saturated heterocycles. The van der Waals surface area contributed by atoms with Gasteiger partial charge in [0.2, 0.25) is 0 Å². The summed E-state index contributed by atoms with van der Waals surface area (Å²) in [5, 5.41) is 11.0. The summed E-state index contributed by atoms with van der Waals surface area (Å²) in [6.45, 7) is 8.20. The van der Waals surface area contributed by atoms with Crippen molar-refractivity contribution < 1.29 is 33.7 Å². The fraction of sp³-hybridized carbons (Fsp3) is 0.591. The van der Waals surface area contributed by atoms with Gasteiger partial charge in [-0.15, -0.1) is 0 Å². The molecular weight excluding hydrogens is 376 g/mol. The van der Waals surface area contributed by atoms with Gasteiger partial charge in [0.15, 0.2) is 5.78 Å². The summed E-state index contributed by atoms with van der Waals surface area (Å²) in [5.74, 6) is -4.63. The van der Waals surface area contributed by atoms with E-state index >= 15 is 0 Å². The van der Waals surface area contributed by atoms with Crippen LogP contribution in [-0.4, -0.2) is 47.7 Å². The molecular formula is C22H30O7. The maximum Gasteiger partial charge on any atom is 0.317 e. The minimum absolute atomic E-state index is 0.344. The minimum atomic E-state index is -1.68. The predicted molar refractivity (Wildman–Crippen MR) is 105 cm³/mol. The van der Waals surface area contributed by atoms with Crippen LogP contribution >= 0.6 is 0 Å². The molecule has 0 unspecified atom stereocenters. The van der Waals surface area contributed by atoms with Gasteiger partial charge in [0.25, 0.3) is 0 Å². The van der Waals surface area contributed by atoms with Crippen molar-refractivity contribution in [1.82, 2.24) is 0 Å². The fourth-order valence-electron chi connectivity index (χ4n) is 3.88. The van der Waals surface area contributed by atoms with Crippen LogP contribution in [-0.2, 0) is 23.9 Å². The predicted octanol–water partition coefficient (Wildman–Crippen LogP) is 2.64. The number of ether oxygens (including phenoxy) is 3. The Balaban J connectivity index is 2.63. The normalized spacial score (nSPS) is 27.1. The van der Waals surface area contributed by atoms with Gasteiger partial charge in [0.05, 0.1) is 30.8 Å². The summed E-state index contributed by atoms with van der Waals surface area (Å²) in [4.78, 5) is 38.8. The van der Waals surface area contributed by atoms with Crippen molar-refractivity contribution in [3.63, 3.8) is 0 Å². The van der Waals surface area contributed by atoms with E-state index in [1.54, 1.807) is 52.0 Å². The van der Waals surface area contributed by atoms with E-state index in [1.807, 2.05) is 0 Å². The number of hydrogen-bond acceptors (Lipinski definition) is 7. The van der Waals surface area contributed by atoms with Gasteiger partial charge in [-0.05, 0) is 52.3 Å².